The van der Waals surface area contributed by atoms with Gasteiger partial charge in [-0.15, -0.1) is 0 Å². The number of para-hydroxylation sites is 2. The van der Waals surface area contributed by atoms with Crippen molar-refractivity contribution in [2.45, 2.75) is 26.3 Å². The number of aromatic nitrogens is 2. The van der Waals surface area contributed by atoms with Gasteiger partial charge in [0.25, 0.3) is 0 Å². The van der Waals surface area contributed by atoms with Gasteiger partial charge in [-0.3, -0.25) is 0 Å². The summed E-state index contributed by atoms with van der Waals surface area (Å²) in [6.07, 6.45) is 1.65. The third-order valence-corrected chi connectivity index (χ3v) is 2.84. The molecule has 0 spiro atoms. The van der Waals surface area contributed by atoms with E-state index in [1.807, 2.05) is 18.2 Å². The van der Waals surface area contributed by atoms with Crippen LogP contribution in [0.5, 0.6) is 0 Å². The molecular formula is C12H15N3S. The van der Waals surface area contributed by atoms with Gasteiger partial charge < -0.3 is 10.3 Å². The van der Waals surface area contributed by atoms with Crippen LogP contribution in [0, 0.1) is 0 Å². The first kappa shape index (κ1) is 11.1. The number of hydrogen-bond donors (Lipinski definition) is 1. The molecule has 84 valence electrons. The highest BCUT2D eigenvalue weighted by atomic mass is 32.1. The molecule has 0 atom stereocenters. The van der Waals surface area contributed by atoms with E-state index in [1.165, 1.54) is 0 Å². The Morgan fingerprint density at radius 3 is 2.88 bits per heavy atom. The molecule has 0 bridgehead atoms. The Morgan fingerprint density at radius 2 is 2.19 bits per heavy atom. The minimum absolute atomic E-state index is 0.555. The highest BCUT2D eigenvalue weighted by Crippen LogP contribution is 2.16. The number of thiocarbonyl (C=S) groups is 1. The van der Waals surface area contributed by atoms with Crippen molar-refractivity contribution in [1.82, 2.24) is 9.55 Å². The minimum Gasteiger partial charge on any atom is -0.393 e. The van der Waals surface area contributed by atoms with E-state index in [-0.39, 0.29) is 0 Å². The molecule has 1 aromatic carbocycles. The van der Waals surface area contributed by atoms with Crippen molar-refractivity contribution in [3.05, 3.63) is 30.1 Å². The van der Waals surface area contributed by atoms with E-state index >= 15 is 0 Å². The second kappa shape index (κ2) is 4.61. The average molecular weight is 233 g/mol. The Hall–Kier alpha value is -1.42. The molecular weight excluding hydrogens is 218 g/mol. The van der Waals surface area contributed by atoms with E-state index in [9.17, 15) is 0 Å². The number of nitrogens with zero attached hydrogens (tertiary/aromatic N) is 2. The molecule has 2 aromatic rings. The topological polar surface area (TPSA) is 43.8 Å². The van der Waals surface area contributed by atoms with E-state index in [4.69, 9.17) is 18.0 Å². The minimum atomic E-state index is 0.555. The Balaban J connectivity index is 2.43. The van der Waals surface area contributed by atoms with Gasteiger partial charge in [-0.1, -0.05) is 31.3 Å². The fraction of sp³-hybridized carbons (Fsp3) is 0.333. The van der Waals surface area contributed by atoms with Crippen molar-refractivity contribution in [2.75, 3.05) is 0 Å². The summed E-state index contributed by atoms with van der Waals surface area (Å²) < 4.78 is 2.20. The van der Waals surface area contributed by atoms with Gasteiger partial charge in [-0.25, -0.2) is 4.98 Å². The number of nitrogens with two attached hydrogens (primary N) is 1. The standard InChI is InChI=1S/C12H15N3S/c1-2-12-14-9-5-3-4-6-10(9)15(12)8-7-11(13)16/h3-6H,2,7-8H2,1H3,(H2,13,16). The molecule has 0 radical (unpaired) electrons. The van der Waals surface area contributed by atoms with Crippen molar-refractivity contribution in [3.63, 3.8) is 0 Å². The summed E-state index contributed by atoms with van der Waals surface area (Å²) in [5, 5.41) is 0. The van der Waals surface area contributed by atoms with Crippen LogP contribution in [0.2, 0.25) is 0 Å². The summed E-state index contributed by atoms with van der Waals surface area (Å²) in [7, 11) is 0. The summed E-state index contributed by atoms with van der Waals surface area (Å²) in [6, 6.07) is 8.15. The number of aryl methyl sites for hydroxylation is 2. The second-order valence-corrected chi connectivity index (χ2v) is 4.26. The molecule has 1 heterocycles. The predicted octanol–water partition coefficient (Wildman–Crippen LogP) is 2.27. The van der Waals surface area contributed by atoms with Crippen LogP contribution in [0.25, 0.3) is 11.0 Å². The number of rotatable bonds is 4. The fourth-order valence-corrected chi connectivity index (χ4v) is 1.96. The Morgan fingerprint density at radius 1 is 1.44 bits per heavy atom. The first-order valence-electron chi connectivity index (χ1n) is 5.45. The van der Waals surface area contributed by atoms with Crippen LogP contribution in [0.4, 0.5) is 0 Å². The predicted molar refractivity (Wildman–Crippen MR) is 70.5 cm³/mol. The lowest BCUT2D eigenvalue weighted by molar-refractivity contribution is 0.698. The van der Waals surface area contributed by atoms with E-state index in [1.54, 1.807) is 0 Å². The van der Waals surface area contributed by atoms with Crippen molar-refractivity contribution in [1.29, 1.82) is 0 Å². The van der Waals surface area contributed by atoms with Crippen molar-refractivity contribution in [2.24, 2.45) is 5.73 Å². The third kappa shape index (κ3) is 2.07. The number of imidazole rings is 1. The van der Waals surface area contributed by atoms with Gasteiger partial charge in [-0.05, 0) is 12.1 Å². The normalized spacial score (nSPS) is 10.8. The molecule has 0 saturated carbocycles. The van der Waals surface area contributed by atoms with Crippen LogP contribution < -0.4 is 5.73 Å². The highest BCUT2D eigenvalue weighted by molar-refractivity contribution is 7.80. The van der Waals surface area contributed by atoms with Crippen LogP contribution >= 0.6 is 12.2 Å². The third-order valence-electron chi connectivity index (χ3n) is 2.63. The molecule has 4 heteroatoms. The van der Waals surface area contributed by atoms with Crippen LogP contribution in [0.3, 0.4) is 0 Å². The zero-order valence-electron chi connectivity index (χ0n) is 9.31. The molecule has 16 heavy (non-hydrogen) atoms. The van der Waals surface area contributed by atoms with E-state index < -0.39 is 0 Å². The van der Waals surface area contributed by atoms with E-state index in [0.717, 1.165) is 36.2 Å². The second-order valence-electron chi connectivity index (χ2n) is 3.74. The molecule has 0 amide bonds. The van der Waals surface area contributed by atoms with Gasteiger partial charge >= 0.3 is 0 Å². The van der Waals surface area contributed by atoms with Crippen LogP contribution in [0.15, 0.2) is 24.3 Å². The van der Waals surface area contributed by atoms with Gasteiger partial charge in [0, 0.05) is 19.4 Å². The summed E-state index contributed by atoms with van der Waals surface area (Å²) in [5.41, 5.74) is 7.75. The monoisotopic (exact) mass is 233 g/mol. The van der Waals surface area contributed by atoms with Gasteiger partial charge in [0.15, 0.2) is 0 Å². The van der Waals surface area contributed by atoms with Crippen molar-refractivity contribution in [3.8, 4) is 0 Å². The Bertz CT molecular complexity index is 516. The maximum Gasteiger partial charge on any atom is 0.109 e. The number of benzene rings is 1. The molecule has 0 unspecified atom stereocenters. The van der Waals surface area contributed by atoms with Crippen molar-refractivity contribution >= 4 is 28.2 Å². The number of fused-ring (bicyclic) bond motifs is 1. The van der Waals surface area contributed by atoms with Gasteiger partial charge in [0.2, 0.25) is 0 Å². The molecule has 0 aliphatic carbocycles. The van der Waals surface area contributed by atoms with Gasteiger partial charge in [-0.2, -0.15) is 0 Å². The van der Waals surface area contributed by atoms with Crippen LogP contribution in [0.1, 0.15) is 19.2 Å². The first-order valence-corrected chi connectivity index (χ1v) is 5.85. The molecule has 0 aliphatic heterocycles. The average Bonchev–Trinajstić information content (AvgIpc) is 2.64. The van der Waals surface area contributed by atoms with Crippen LogP contribution in [-0.2, 0) is 13.0 Å². The maximum absolute atomic E-state index is 5.54. The summed E-state index contributed by atoms with van der Waals surface area (Å²) in [4.78, 5) is 5.14. The molecule has 0 saturated heterocycles. The molecule has 1 aromatic heterocycles. The summed E-state index contributed by atoms with van der Waals surface area (Å²) in [6.45, 7) is 2.93. The largest absolute Gasteiger partial charge is 0.393 e. The lowest BCUT2D eigenvalue weighted by Gasteiger charge is -2.06. The zero-order valence-corrected chi connectivity index (χ0v) is 10.1. The van der Waals surface area contributed by atoms with Crippen molar-refractivity contribution < 1.29 is 0 Å². The summed E-state index contributed by atoms with van der Waals surface area (Å²) >= 11 is 4.91. The fourth-order valence-electron chi connectivity index (χ4n) is 1.87. The Kier molecular flexibility index (Phi) is 3.19. The number of hydrogen-bond acceptors (Lipinski definition) is 2. The summed E-state index contributed by atoms with van der Waals surface area (Å²) in [5.74, 6) is 1.09. The quantitative estimate of drug-likeness (QED) is 0.824. The molecule has 0 aliphatic rings. The van der Waals surface area contributed by atoms with Crippen LogP contribution in [-0.4, -0.2) is 14.5 Å². The van der Waals surface area contributed by atoms with E-state index in [0.29, 0.717) is 4.99 Å². The molecule has 3 nitrogen and oxygen atoms in total. The first-order chi connectivity index (χ1) is 7.72. The lowest BCUT2D eigenvalue weighted by atomic mass is 10.3. The SMILES string of the molecule is CCc1nc2ccccc2n1CCC(N)=S. The lowest BCUT2D eigenvalue weighted by Crippen LogP contribution is -2.13. The highest BCUT2D eigenvalue weighted by Gasteiger charge is 2.08. The smallest absolute Gasteiger partial charge is 0.109 e. The molecule has 2 N–H and O–H groups in total. The van der Waals surface area contributed by atoms with E-state index in [2.05, 4.69) is 22.5 Å². The van der Waals surface area contributed by atoms with Gasteiger partial charge in [0.05, 0.1) is 16.0 Å². The molecule has 2 rings (SSSR count). The zero-order chi connectivity index (χ0) is 11.5. The maximum atomic E-state index is 5.54. The van der Waals surface area contributed by atoms with Gasteiger partial charge in [0.1, 0.15) is 5.82 Å². The Labute approximate surface area is 100 Å². The molecule has 0 fully saturated rings.